The molecule has 2 atom stereocenters. The summed E-state index contributed by atoms with van der Waals surface area (Å²) in [5, 5.41) is 0. The molecule has 0 spiro atoms. The molecule has 0 N–H and O–H groups in total. The lowest BCUT2D eigenvalue weighted by Gasteiger charge is -2.43. The van der Waals surface area contributed by atoms with E-state index in [-0.39, 0.29) is 0 Å². The second-order valence-corrected chi connectivity index (χ2v) is 6.91. The topological polar surface area (TPSA) is 3.24 Å². The van der Waals surface area contributed by atoms with Crippen molar-refractivity contribution in [1.29, 1.82) is 0 Å². The molecule has 1 fully saturated rings. The third-order valence-corrected chi connectivity index (χ3v) is 5.45. The molecular formula is C22H29N. The van der Waals surface area contributed by atoms with Gasteiger partial charge < -0.3 is 0 Å². The third-order valence-electron chi connectivity index (χ3n) is 5.45. The van der Waals surface area contributed by atoms with Crippen molar-refractivity contribution in [3.63, 3.8) is 0 Å². The Morgan fingerprint density at radius 2 is 1.13 bits per heavy atom. The predicted molar refractivity (Wildman–Crippen MR) is 98.4 cm³/mol. The van der Waals surface area contributed by atoms with Gasteiger partial charge in [0, 0.05) is 18.1 Å². The summed E-state index contributed by atoms with van der Waals surface area (Å²) in [6.07, 6.45) is 6.85. The molecule has 23 heavy (non-hydrogen) atoms. The first kappa shape index (κ1) is 16.3. The highest BCUT2D eigenvalue weighted by Crippen LogP contribution is 2.37. The molecule has 1 aliphatic carbocycles. The second kappa shape index (κ2) is 7.79. The maximum atomic E-state index is 2.77. The normalized spacial score (nSPS) is 18.7. The van der Waals surface area contributed by atoms with E-state index >= 15 is 0 Å². The lowest BCUT2D eigenvalue weighted by Crippen LogP contribution is -2.40. The molecule has 0 radical (unpaired) electrons. The van der Waals surface area contributed by atoms with E-state index < -0.39 is 0 Å². The Bertz CT molecular complexity index is 526. The smallest absolute Gasteiger partial charge is 0.0328 e. The zero-order valence-electron chi connectivity index (χ0n) is 14.5. The molecule has 122 valence electrons. The van der Waals surface area contributed by atoms with Crippen LogP contribution in [0.5, 0.6) is 0 Å². The van der Waals surface area contributed by atoms with E-state index in [9.17, 15) is 0 Å². The van der Waals surface area contributed by atoms with Crippen LogP contribution in [-0.4, -0.2) is 10.9 Å². The molecule has 1 saturated carbocycles. The minimum absolute atomic E-state index is 0.453. The zero-order chi connectivity index (χ0) is 16.1. The van der Waals surface area contributed by atoms with Crippen LogP contribution in [0, 0.1) is 0 Å². The summed E-state index contributed by atoms with van der Waals surface area (Å²) in [7, 11) is 0. The minimum atomic E-state index is 0.453. The fourth-order valence-electron chi connectivity index (χ4n) is 4.15. The molecule has 2 aromatic carbocycles. The van der Waals surface area contributed by atoms with E-state index in [1.54, 1.807) is 0 Å². The van der Waals surface area contributed by atoms with Crippen molar-refractivity contribution in [2.75, 3.05) is 0 Å². The molecule has 3 rings (SSSR count). The summed E-state index contributed by atoms with van der Waals surface area (Å²) in [6, 6.07) is 23.6. The van der Waals surface area contributed by atoms with Crippen LogP contribution in [0.15, 0.2) is 60.7 Å². The van der Waals surface area contributed by atoms with Gasteiger partial charge in [-0.15, -0.1) is 0 Å². The van der Waals surface area contributed by atoms with Crippen LogP contribution >= 0.6 is 0 Å². The Hall–Kier alpha value is -1.60. The number of rotatable bonds is 5. The van der Waals surface area contributed by atoms with Gasteiger partial charge in [0.25, 0.3) is 0 Å². The highest BCUT2D eigenvalue weighted by Gasteiger charge is 2.30. The highest BCUT2D eigenvalue weighted by molar-refractivity contribution is 5.22. The SMILES string of the molecule is C[C@@H](c1ccccc1)N(C1CCCCC1)[C@@H](C)c1ccccc1. The summed E-state index contributed by atoms with van der Waals surface area (Å²) < 4.78 is 0. The summed E-state index contributed by atoms with van der Waals surface area (Å²) >= 11 is 0. The van der Waals surface area contributed by atoms with Crippen LogP contribution in [-0.2, 0) is 0 Å². The zero-order valence-corrected chi connectivity index (χ0v) is 14.5. The fraction of sp³-hybridized carbons (Fsp3) is 0.455. The van der Waals surface area contributed by atoms with Crippen molar-refractivity contribution in [2.24, 2.45) is 0 Å². The largest absolute Gasteiger partial charge is 0.287 e. The molecule has 0 saturated heterocycles. The second-order valence-electron chi connectivity index (χ2n) is 6.91. The van der Waals surface area contributed by atoms with Gasteiger partial charge in [0.2, 0.25) is 0 Å². The van der Waals surface area contributed by atoms with Crippen LogP contribution < -0.4 is 0 Å². The van der Waals surface area contributed by atoms with Crippen LogP contribution in [0.1, 0.15) is 69.2 Å². The van der Waals surface area contributed by atoms with E-state index in [0.717, 1.165) is 0 Å². The Labute approximate surface area is 141 Å². The van der Waals surface area contributed by atoms with Crippen molar-refractivity contribution in [3.05, 3.63) is 71.8 Å². The summed E-state index contributed by atoms with van der Waals surface area (Å²) in [5.41, 5.74) is 2.86. The summed E-state index contributed by atoms with van der Waals surface area (Å²) in [4.78, 5) is 2.77. The molecule has 2 aromatic rings. The van der Waals surface area contributed by atoms with Crippen LogP contribution in [0.25, 0.3) is 0 Å². The van der Waals surface area contributed by atoms with Gasteiger partial charge in [0.1, 0.15) is 0 Å². The number of nitrogens with zero attached hydrogens (tertiary/aromatic N) is 1. The van der Waals surface area contributed by atoms with Crippen molar-refractivity contribution in [2.45, 2.75) is 64.1 Å². The van der Waals surface area contributed by atoms with Gasteiger partial charge in [0.05, 0.1) is 0 Å². The maximum absolute atomic E-state index is 2.77. The Balaban J connectivity index is 1.89. The molecule has 0 bridgehead atoms. The predicted octanol–water partition coefficient (Wildman–Crippen LogP) is 6.14. The first-order chi connectivity index (χ1) is 11.3. The monoisotopic (exact) mass is 307 g/mol. The van der Waals surface area contributed by atoms with Gasteiger partial charge in [-0.3, -0.25) is 4.90 Å². The van der Waals surface area contributed by atoms with E-state index in [1.807, 2.05) is 0 Å². The Morgan fingerprint density at radius 3 is 1.57 bits per heavy atom. The average molecular weight is 307 g/mol. The molecule has 0 amide bonds. The molecule has 0 unspecified atom stereocenters. The van der Waals surface area contributed by atoms with Gasteiger partial charge in [-0.1, -0.05) is 79.9 Å². The lowest BCUT2D eigenvalue weighted by atomic mass is 9.89. The fourth-order valence-corrected chi connectivity index (χ4v) is 4.15. The number of hydrogen-bond donors (Lipinski definition) is 0. The Kier molecular flexibility index (Phi) is 5.51. The van der Waals surface area contributed by atoms with Crippen molar-refractivity contribution < 1.29 is 0 Å². The molecule has 0 heterocycles. The lowest BCUT2D eigenvalue weighted by molar-refractivity contribution is 0.0696. The van der Waals surface area contributed by atoms with E-state index in [4.69, 9.17) is 0 Å². The number of benzene rings is 2. The summed E-state index contributed by atoms with van der Waals surface area (Å²) in [6.45, 7) is 4.76. The average Bonchev–Trinajstić information content (AvgIpc) is 2.64. The summed E-state index contributed by atoms with van der Waals surface area (Å²) in [5.74, 6) is 0. The first-order valence-electron chi connectivity index (χ1n) is 9.14. The molecule has 0 aliphatic heterocycles. The van der Waals surface area contributed by atoms with Gasteiger partial charge in [-0.25, -0.2) is 0 Å². The van der Waals surface area contributed by atoms with E-state index in [1.165, 1.54) is 43.2 Å². The van der Waals surface area contributed by atoms with Crippen LogP contribution in [0.2, 0.25) is 0 Å². The van der Waals surface area contributed by atoms with Crippen LogP contribution in [0.4, 0.5) is 0 Å². The molecule has 1 aliphatic rings. The van der Waals surface area contributed by atoms with Gasteiger partial charge in [-0.2, -0.15) is 0 Å². The maximum Gasteiger partial charge on any atom is 0.0328 e. The van der Waals surface area contributed by atoms with E-state index in [0.29, 0.717) is 18.1 Å². The van der Waals surface area contributed by atoms with E-state index in [2.05, 4.69) is 79.4 Å². The van der Waals surface area contributed by atoms with Crippen LogP contribution in [0.3, 0.4) is 0 Å². The van der Waals surface area contributed by atoms with Crippen molar-refractivity contribution >= 4 is 0 Å². The first-order valence-corrected chi connectivity index (χ1v) is 9.14. The molecule has 0 aromatic heterocycles. The standard InChI is InChI=1S/C22H29N/c1-18(20-12-6-3-7-13-20)23(22-16-10-5-11-17-22)19(2)21-14-8-4-9-15-21/h3-4,6-9,12-15,18-19,22H,5,10-11,16-17H2,1-2H3/t18-,19-/m0/s1. The molecular weight excluding hydrogens is 278 g/mol. The third kappa shape index (κ3) is 3.84. The van der Waals surface area contributed by atoms with Gasteiger partial charge in [-0.05, 0) is 37.8 Å². The minimum Gasteiger partial charge on any atom is -0.287 e. The number of hydrogen-bond acceptors (Lipinski definition) is 1. The van der Waals surface area contributed by atoms with Gasteiger partial charge in [0.15, 0.2) is 0 Å². The highest BCUT2D eigenvalue weighted by atomic mass is 15.2. The molecule has 1 nitrogen and oxygen atoms in total. The Morgan fingerprint density at radius 1 is 0.696 bits per heavy atom. The van der Waals surface area contributed by atoms with Crippen molar-refractivity contribution in [1.82, 2.24) is 4.90 Å². The van der Waals surface area contributed by atoms with Gasteiger partial charge >= 0.3 is 0 Å². The quantitative estimate of drug-likeness (QED) is 0.641. The van der Waals surface area contributed by atoms with Crippen molar-refractivity contribution in [3.8, 4) is 0 Å². The molecule has 1 heteroatoms.